The number of likely N-dealkylation sites (tertiary alicyclic amines) is 1. The van der Waals surface area contributed by atoms with Crippen molar-refractivity contribution in [2.45, 2.75) is 40.0 Å². The van der Waals surface area contributed by atoms with Gasteiger partial charge in [-0.3, -0.25) is 9.59 Å². The van der Waals surface area contributed by atoms with Crippen LogP contribution in [0.4, 0.5) is 5.13 Å². The molecule has 1 saturated heterocycles. The maximum atomic E-state index is 12.0. The van der Waals surface area contributed by atoms with Gasteiger partial charge in [0.1, 0.15) is 0 Å². The summed E-state index contributed by atoms with van der Waals surface area (Å²) in [5.74, 6) is 0.0609. The Morgan fingerprint density at radius 1 is 1.35 bits per heavy atom. The molecule has 2 rings (SSSR count). The first-order valence-electron chi connectivity index (χ1n) is 6.90. The summed E-state index contributed by atoms with van der Waals surface area (Å²) < 4.78 is 0. The topological polar surface area (TPSA) is 62.3 Å². The average molecular weight is 295 g/mol. The van der Waals surface area contributed by atoms with E-state index in [2.05, 4.69) is 10.3 Å². The van der Waals surface area contributed by atoms with Crippen molar-refractivity contribution in [1.82, 2.24) is 9.88 Å². The fourth-order valence-electron chi connectivity index (χ4n) is 1.96. The van der Waals surface area contributed by atoms with Gasteiger partial charge >= 0.3 is 0 Å². The van der Waals surface area contributed by atoms with Crippen LogP contribution >= 0.6 is 11.3 Å². The number of hydrogen-bond donors (Lipinski definition) is 1. The second-order valence-corrected chi connectivity index (χ2v) is 6.97. The molecule has 0 atom stereocenters. The first kappa shape index (κ1) is 15.0. The number of thiazole rings is 1. The van der Waals surface area contributed by atoms with Gasteiger partial charge in [-0.15, -0.1) is 11.3 Å². The average Bonchev–Trinajstić information content (AvgIpc) is 2.98. The molecule has 0 saturated carbocycles. The van der Waals surface area contributed by atoms with Gasteiger partial charge in [-0.1, -0.05) is 20.8 Å². The van der Waals surface area contributed by atoms with Crippen molar-refractivity contribution in [3.63, 3.8) is 0 Å². The van der Waals surface area contributed by atoms with Gasteiger partial charge in [-0.2, -0.15) is 0 Å². The Morgan fingerprint density at radius 2 is 2.00 bits per heavy atom. The molecular weight excluding hydrogens is 274 g/mol. The van der Waals surface area contributed by atoms with Crippen molar-refractivity contribution >= 4 is 28.3 Å². The summed E-state index contributed by atoms with van der Waals surface area (Å²) in [6.45, 7) is 7.28. The number of nitrogens with zero attached hydrogens (tertiary/aromatic N) is 2. The normalized spacial score (nSPS) is 15.4. The number of nitrogens with one attached hydrogen (secondary N) is 1. The predicted molar refractivity (Wildman–Crippen MR) is 79.7 cm³/mol. The SMILES string of the molecule is CC(C)(C)C(=O)Nc1nc(CC(=O)N2CCCC2)cs1. The molecule has 1 fully saturated rings. The molecule has 0 bridgehead atoms. The quantitative estimate of drug-likeness (QED) is 0.930. The monoisotopic (exact) mass is 295 g/mol. The molecule has 0 spiro atoms. The number of carbonyl (C=O) groups excluding carboxylic acids is 2. The van der Waals surface area contributed by atoms with Gasteiger partial charge in [0, 0.05) is 23.9 Å². The minimum absolute atomic E-state index is 0.0655. The summed E-state index contributed by atoms with van der Waals surface area (Å²) >= 11 is 1.36. The lowest BCUT2D eigenvalue weighted by Crippen LogP contribution is -2.29. The number of hydrogen-bond acceptors (Lipinski definition) is 4. The van der Waals surface area contributed by atoms with Gasteiger partial charge < -0.3 is 10.2 Å². The van der Waals surface area contributed by atoms with E-state index in [1.807, 2.05) is 31.1 Å². The first-order chi connectivity index (χ1) is 9.36. The highest BCUT2D eigenvalue weighted by atomic mass is 32.1. The molecule has 1 aromatic heterocycles. The number of aromatic nitrogens is 1. The molecule has 20 heavy (non-hydrogen) atoms. The summed E-state index contributed by atoms with van der Waals surface area (Å²) in [5, 5.41) is 5.19. The maximum Gasteiger partial charge on any atom is 0.231 e. The lowest BCUT2D eigenvalue weighted by Gasteiger charge is -2.16. The van der Waals surface area contributed by atoms with Gasteiger partial charge in [0.2, 0.25) is 11.8 Å². The predicted octanol–water partition coefficient (Wildman–Crippen LogP) is 2.29. The molecule has 6 heteroatoms. The highest BCUT2D eigenvalue weighted by Crippen LogP contribution is 2.21. The molecular formula is C14H21N3O2S. The van der Waals surface area contributed by atoms with E-state index in [1.54, 1.807) is 0 Å². The van der Waals surface area contributed by atoms with Crippen LogP contribution in [0.15, 0.2) is 5.38 Å². The number of anilines is 1. The van der Waals surface area contributed by atoms with Crippen LogP contribution in [-0.4, -0.2) is 34.8 Å². The van der Waals surface area contributed by atoms with Crippen LogP contribution in [0.5, 0.6) is 0 Å². The molecule has 0 aliphatic carbocycles. The van der Waals surface area contributed by atoms with E-state index >= 15 is 0 Å². The van der Waals surface area contributed by atoms with Crippen molar-refractivity contribution in [3.05, 3.63) is 11.1 Å². The third kappa shape index (κ3) is 3.79. The molecule has 2 heterocycles. The summed E-state index contributed by atoms with van der Waals surface area (Å²) in [6, 6.07) is 0. The highest BCUT2D eigenvalue weighted by molar-refractivity contribution is 7.13. The molecule has 0 aromatic carbocycles. The van der Waals surface area contributed by atoms with Crippen LogP contribution in [0, 0.1) is 5.41 Å². The Bertz CT molecular complexity index is 499. The van der Waals surface area contributed by atoms with E-state index in [-0.39, 0.29) is 11.8 Å². The van der Waals surface area contributed by atoms with E-state index in [4.69, 9.17) is 0 Å². The van der Waals surface area contributed by atoms with E-state index in [9.17, 15) is 9.59 Å². The van der Waals surface area contributed by atoms with Gasteiger partial charge in [0.05, 0.1) is 12.1 Å². The maximum absolute atomic E-state index is 12.0. The molecule has 1 N–H and O–H groups in total. The molecule has 1 aliphatic heterocycles. The third-order valence-corrected chi connectivity index (χ3v) is 4.05. The van der Waals surface area contributed by atoms with E-state index < -0.39 is 5.41 Å². The third-order valence-electron chi connectivity index (χ3n) is 3.24. The van der Waals surface area contributed by atoms with E-state index in [0.29, 0.717) is 11.6 Å². The van der Waals surface area contributed by atoms with Crippen molar-refractivity contribution in [2.75, 3.05) is 18.4 Å². The zero-order chi connectivity index (χ0) is 14.8. The van der Waals surface area contributed by atoms with Crippen LogP contribution in [0.3, 0.4) is 0 Å². The zero-order valence-electron chi connectivity index (χ0n) is 12.2. The molecule has 2 amide bonds. The van der Waals surface area contributed by atoms with Crippen LogP contribution in [0.25, 0.3) is 0 Å². The molecule has 1 aromatic rings. The molecule has 0 radical (unpaired) electrons. The van der Waals surface area contributed by atoms with Crippen molar-refractivity contribution < 1.29 is 9.59 Å². The van der Waals surface area contributed by atoms with Crippen molar-refractivity contribution in [3.8, 4) is 0 Å². The Labute approximate surface area is 123 Å². The van der Waals surface area contributed by atoms with Crippen molar-refractivity contribution in [2.24, 2.45) is 5.41 Å². The van der Waals surface area contributed by atoms with Crippen LogP contribution in [-0.2, 0) is 16.0 Å². The minimum Gasteiger partial charge on any atom is -0.342 e. The zero-order valence-corrected chi connectivity index (χ0v) is 13.0. The van der Waals surface area contributed by atoms with Crippen LogP contribution in [0.2, 0.25) is 0 Å². The van der Waals surface area contributed by atoms with Gasteiger partial charge in [-0.25, -0.2) is 4.98 Å². The minimum atomic E-state index is -0.447. The fourth-order valence-corrected chi connectivity index (χ4v) is 2.67. The summed E-state index contributed by atoms with van der Waals surface area (Å²) in [5.41, 5.74) is 0.285. The van der Waals surface area contributed by atoms with E-state index in [1.165, 1.54) is 11.3 Å². The van der Waals surface area contributed by atoms with Crippen LogP contribution < -0.4 is 5.32 Å². The van der Waals surface area contributed by atoms with Gasteiger partial charge in [-0.05, 0) is 12.8 Å². The Balaban J connectivity index is 1.92. The Kier molecular flexibility index (Phi) is 4.42. The number of carbonyl (C=O) groups is 2. The van der Waals surface area contributed by atoms with E-state index in [0.717, 1.165) is 31.6 Å². The molecule has 1 aliphatic rings. The van der Waals surface area contributed by atoms with Crippen molar-refractivity contribution in [1.29, 1.82) is 0 Å². The highest BCUT2D eigenvalue weighted by Gasteiger charge is 2.23. The molecule has 0 unspecified atom stereocenters. The molecule has 5 nitrogen and oxygen atoms in total. The number of rotatable bonds is 3. The summed E-state index contributed by atoms with van der Waals surface area (Å²) in [7, 11) is 0. The first-order valence-corrected chi connectivity index (χ1v) is 7.78. The van der Waals surface area contributed by atoms with Gasteiger partial charge in [0.15, 0.2) is 5.13 Å². The second-order valence-electron chi connectivity index (χ2n) is 6.11. The molecule has 110 valence electrons. The Hall–Kier alpha value is -1.43. The smallest absolute Gasteiger partial charge is 0.231 e. The lowest BCUT2D eigenvalue weighted by atomic mass is 9.96. The number of amides is 2. The van der Waals surface area contributed by atoms with Gasteiger partial charge in [0.25, 0.3) is 0 Å². The Morgan fingerprint density at radius 3 is 2.60 bits per heavy atom. The summed E-state index contributed by atoms with van der Waals surface area (Å²) in [4.78, 5) is 30.1. The largest absolute Gasteiger partial charge is 0.342 e. The summed E-state index contributed by atoms with van der Waals surface area (Å²) in [6.07, 6.45) is 2.51. The van der Waals surface area contributed by atoms with Crippen LogP contribution in [0.1, 0.15) is 39.3 Å². The lowest BCUT2D eigenvalue weighted by molar-refractivity contribution is -0.129. The second kappa shape index (κ2) is 5.91. The standard InChI is InChI=1S/C14H21N3O2S/c1-14(2,3)12(19)16-13-15-10(9-20-13)8-11(18)17-6-4-5-7-17/h9H,4-8H2,1-3H3,(H,15,16,19). The fraction of sp³-hybridized carbons (Fsp3) is 0.643.